The third-order valence-corrected chi connectivity index (χ3v) is 3.59. The minimum absolute atomic E-state index is 0.0829. The van der Waals surface area contributed by atoms with E-state index in [1.165, 1.54) is 6.07 Å². The molecule has 0 aliphatic carbocycles. The van der Waals surface area contributed by atoms with Crippen molar-refractivity contribution in [1.82, 2.24) is 9.97 Å². The highest BCUT2D eigenvalue weighted by Gasteiger charge is 2.18. The lowest BCUT2D eigenvalue weighted by Gasteiger charge is -2.06. The maximum Gasteiger partial charge on any atom is 0.280 e. The summed E-state index contributed by atoms with van der Waals surface area (Å²) in [5.41, 5.74) is 0.487. The third kappa shape index (κ3) is 2.77. The van der Waals surface area contributed by atoms with Crippen LogP contribution in [0.2, 0.25) is 0 Å². The smallest absolute Gasteiger partial charge is 0.280 e. The molecule has 0 saturated heterocycles. The fourth-order valence-corrected chi connectivity index (χ4v) is 2.25. The second-order valence-electron chi connectivity index (χ2n) is 4.20. The zero-order valence-electron chi connectivity index (χ0n) is 10.7. The van der Waals surface area contributed by atoms with E-state index in [0.717, 1.165) is 6.42 Å². The summed E-state index contributed by atoms with van der Waals surface area (Å²) in [6.07, 6.45) is 1.45. The number of nitro benzene ring substituents is 1. The molecule has 6 nitrogen and oxygen atoms in total. The first kappa shape index (κ1) is 14.4. The van der Waals surface area contributed by atoms with Gasteiger partial charge in [-0.3, -0.25) is 14.9 Å². The van der Waals surface area contributed by atoms with Crippen molar-refractivity contribution < 1.29 is 4.92 Å². The summed E-state index contributed by atoms with van der Waals surface area (Å²) in [6, 6.07) is 6.20. The Morgan fingerprint density at radius 3 is 2.75 bits per heavy atom. The number of nitro groups is 1. The molecule has 0 spiro atoms. The van der Waals surface area contributed by atoms with Gasteiger partial charge in [0.05, 0.1) is 16.2 Å². The highest BCUT2D eigenvalue weighted by atomic mass is 79.9. The fourth-order valence-electron chi connectivity index (χ4n) is 1.87. The van der Waals surface area contributed by atoms with Crippen LogP contribution in [0.15, 0.2) is 33.5 Å². The van der Waals surface area contributed by atoms with Crippen molar-refractivity contribution in [2.24, 2.45) is 0 Å². The number of hydrogen-bond donors (Lipinski definition) is 1. The van der Waals surface area contributed by atoms with Crippen molar-refractivity contribution in [2.45, 2.75) is 19.8 Å². The van der Waals surface area contributed by atoms with Crippen molar-refractivity contribution >= 4 is 21.6 Å². The van der Waals surface area contributed by atoms with Crippen LogP contribution in [0, 0.1) is 10.1 Å². The number of para-hydroxylation sites is 1. The summed E-state index contributed by atoms with van der Waals surface area (Å²) in [7, 11) is 0. The number of H-pyrrole nitrogens is 1. The first-order valence-electron chi connectivity index (χ1n) is 6.07. The minimum Gasteiger partial charge on any atom is -0.305 e. The van der Waals surface area contributed by atoms with Crippen LogP contribution in [0.3, 0.4) is 0 Å². The number of benzene rings is 1. The number of halogens is 1. The summed E-state index contributed by atoms with van der Waals surface area (Å²) in [4.78, 5) is 29.3. The highest BCUT2D eigenvalue weighted by Crippen LogP contribution is 2.27. The quantitative estimate of drug-likeness (QED) is 0.685. The summed E-state index contributed by atoms with van der Waals surface area (Å²) in [6.45, 7) is 1.97. The van der Waals surface area contributed by atoms with Gasteiger partial charge in [-0.1, -0.05) is 25.5 Å². The number of aromatic nitrogens is 2. The Kier molecular flexibility index (Phi) is 4.29. The molecule has 0 fully saturated rings. The molecule has 0 aliphatic heterocycles. The van der Waals surface area contributed by atoms with Crippen molar-refractivity contribution in [3.63, 3.8) is 0 Å². The van der Waals surface area contributed by atoms with Crippen LogP contribution in [0.25, 0.3) is 11.4 Å². The molecule has 0 aliphatic rings. The SMILES string of the molecule is CCCc1nc(-c2ccccc2[N+](=O)[O-])[nH]c(=O)c1Br. The molecule has 0 unspecified atom stereocenters. The minimum atomic E-state index is -0.489. The largest absolute Gasteiger partial charge is 0.305 e. The van der Waals surface area contributed by atoms with Gasteiger partial charge in [-0.25, -0.2) is 4.98 Å². The van der Waals surface area contributed by atoms with Gasteiger partial charge in [-0.2, -0.15) is 0 Å². The van der Waals surface area contributed by atoms with Crippen LogP contribution in [-0.4, -0.2) is 14.9 Å². The maximum atomic E-state index is 11.9. The van der Waals surface area contributed by atoms with Gasteiger partial charge in [-0.05, 0) is 28.4 Å². The molecule has 1 N–H and O–H groups in total. The first-order chi connectivity index (χ1) is 9.54. The monoisotopic (exact) mass is 337 g/mol. The Morgan fingerprint density at radius 2 is 2.10 bits per heavy atom. The Morgan fingerprint density at radius 1 is 1.40 bits per heavy atom. The topological polar surface area (TPSA) is 88.9 Å². The van der Waals surface area contributed by atoms with E-state index in [9.17, 15) is 14.9 Å². The Hall–Kier alpha value is -2.02. The fraction of sp³-hybridized carbons (Fsp3) is 0.231. The van der Waals surface area contributed by atoms with E-state index in [1.54, 1.807) is 18.2 Å². The molecule has 0 bridgehead atoms. The van der Waals surface area contributed by atoms with Gasteiger partial charge in [0, 0.05) is 6.07 Å². The van der Waals surface area contributed by atoms with Crippen LogP contribution in [0.1, 0.15) is 19.0 Å². The van der Waals surface area contributed by atoms with E-state index in [2.05, 4.69) is 25.9 Å². The van der Waals surface area contributed by atoms with E-state index in [-0.39, 0.29) is 17.1 Å². The van der Waals surface area contributed by atoms with Crippen LogP contribution in [0.4, 0.5) is 5.69 Å². The zero-order chi connectivity index (χ0) is 14.7. The van der Waals surface area contributed by atoms with Gasteiger partial charge < -0.3 is 4.98 Å². The summed E-state index contributed by atoms with van der Waals surface area (Å²) < 4.78 is 0.377. The second kappa shape index (κ2) is 5.96. The molecule has 1 heterocycles. The average Bonchev–Trinajstić information content (AvgIpc) is 2.43. The Labute approximate surface area is 123 Å². The van der Waals surface area contributed by atoms with Gasteiger partial charge >= 0.3 is 0 Å². The van der Waals surface area contributed by atoms with Crippen LogP contribution in [-0.2, 0) is 6.42 Å². The lowest BCUT2D eigenvalue weighted by molar-refractivity contribution is -0.384. The van der Waals surface area contributed by atoms with Crippen molar-refractivity contribution in [3.8, 4) is 11.4 Å². The summed E-state index contributed by atoms with van der Waals surface area (Å²) >= 11 is 3.20. The van der Waals surface area contributed by atoms with E-state index < -0.39 is 4.92 Å². The third-order valence-electron chi connectivity index (χ3n) is 2.77. The predicted octanol–water partition coefficient (Wildman–Crippen LogP) is 3.06. The number of aryl methyl sites for hydroxylation is 1. The second-order valence-corrected chi connectivity index (χ2v) is 4.99. The van der Waals surface area contributed by atoms with Crippen molar-refractivity contribution in [1.29, 1.82) is 0 Å². The molecule has 0 amide bonds. The molecule has 7 heteroatoms. The lowest BCUT2D eigenvalue weighted by Crippen LogP contribution is -2.14. The highest BCUT2D eigenvalue weighted by molar-refractivity contribution is 9.10. The summed E-state index contributed by atoms with van der Waals surface area (Å²) in [5, 5.41) is 11.0. The van der Waals surface area contributed by atoms with Gasteiger partial charge in [0.25, 0.3) is 11.2 Å². The molecular formula is C13H12BrN3O3. The standard InChI is InChI=1S/C13H12BrN3O3/c1-2-5-9-11(14)13(18)16-12(15-9)8-6-3-4-7-10(8)17(19)20/h3-4,6-7H,2,5H2,1H3,(H,15,16,18). The van der Waals surface area contributed by atoms with E-state index in [4.69, 9.17) is 0 Å². The van der Waals surface area contributed by atoms with E-state index in [0.29, 0.717) is 22.2 Å². The molecule has 104 valence electrons. The Bertz CT molecular complexity index is 712. The Balaban J connectivity index is 2.65. The molecule has 2 rings (SSSR count). The number of nitrogens with zero attached hydrogens (tertiary/aromatic N) is 2. The van der Waals surface area contributed by atoms with Crippen molar-refractivity contribution in [3.05, 3.63) is 54.9 Å². The van der Waals surface area contributed by atoms with Gasteiger partial charge in [0.2, 0.25) is 0 Å². The molecule has 2 aromatic rings. The van der Waals surface area contributed by atoms with Crippen LogP contribution < -0.4 is 5.56 Å². The zero-order valence-corrected chi connectivity index (χ0v) is 12.3. The van der Waals surface area contributed by atoms with E-state index in [1.807, 2.05) is 6.92 Å². The van der Waals surface area contributed by atoms with Crippen LogP contribution >= 0.6 is 15.9 Å². The number of rotatable bonds is 4. The van der Waals surface area contributed by atoms with E-state index >= 15 is 0 Å². The molecule has 0 radical (unpaired) electrons. The maximum absolute atomic E-state index is 11.9. The molecule has 1 aromatic carbocycles. The predicted molar refractivity (Wildman–Crippen MR) is 78.6 cm³/mol. The van der Waals surface area contributed by atoms with Gasteiger partial charge in [-0.15, -0.1) is 0 Å². The number of nitrogens with one attached hydrogen (secondary N) is 1. The molecule has 1 aromatic heterocycles. The normalized spacial score (nSPS) is 10.5. The van der Waals surface area contributed by atoms with Crippen LogP contribution in [0.5, 0.6) is 0 Å². The number of aromatic amines is 1. The first-order valence-corrected chi connectivity index (χ1v) is 6.86. The molecule has 0 atom stereocenters. The molecular weight excluding hydrogens is 326 g/mol. The molecule has 20 heavy (non-hydrogen) atoms. The van der Waals surface area contributed by atoms with Crippen molar-refractivity contribution in [2.75, 3.05) is 0 Å². The molecule has 0 saturated carbocycles. The van der Waals surface area contributed by atoms with Gasteiger partial charge in [0.15, 0.2) is 0 Å². The number of hydrogen-bond acceptors (Lipinski definition) is 4. The lowest BCUT2D eigenvalue weighted by atomic mass is 10.1. The average molecular weight is 338 g/mol. The summed E-state index contributed by atoms with van der Waals surface area (Å²) in [5.74, 6) is 0.217. The van der Waals surface area contributed by atoms with Gasteiger partial charge in [0.1, 0.15) is 10.3 Å².